The normalized spacial score (nSPS) is 13.8. The molecular weight excluding hydrogens is 921 g/mol. The topological polar surface area (TPSA) is 191 Å². The zero-order valence-corrected chi connectivity index (χ0v) is 42.3. The molecule has 2 aliphatic carbocycles. The van der Waals surface area contributed by atoms with Gasteiger partial charge < -0.3 is 44.2 Å². The number of carbonyl (C=O) groups is 2. The van der Waals surface area contributed by atoms with Crippen LogP contribution in [0.2, 0.25) is 0 Å². The molecule has 4 heterocycles. The third-order valence-electron chi connectivity index (χ3n) is 13.6. The Labute approximate surface area is 426 Å². The quantitative estimate of drug-likeness (QED) is 0.0882. The Hall–Kier alpha value is -7.78. The van der Waals surface area contributed by atoms with Crippen molar-refractivity contribution in [2.45, 2.75) is 89.1 Å². The lowest BCUT2D eigenvalue weighted by molar-refractivity contribution is 0.0696. The van der Waals surface area contributed by atoms with Gasteiger partial charge in [0.1, 0.15) is 11.4 Å². The van der Waals surface area contributed by atoms with Crippen LogP contribution in [0.3, 0.4) is 0 Å². The molecular formula is C58H66N8O7. The van der Waals surface area contributed by atoms with Crippen molar-refractivity contribution in [2.24, 2.45) is 5.73 Å². The number of carbonyl (C=O) groups excluding carboxylic acids is 1. The van der Waals surface area contributed by atoms with Gasteiger partial charge in [-0.25, -0.2) is 14.8 Å². The molecule has 380 valence electrons. The fourth-order valence-electron chi connectivity index (χ4n) is 9.90. The van der Waals surface area contributed by atoms with Crippen molar-refractivity contribution in [3.8, 4) is 46.0 Å². The molecule has 10 rings (SSSR count). The van der Waals surface area contributed by atoms with E-state index in [0.29, 0.717) is 48.7 Å². The highest BCUT2D eigenvalue weighted by atomic mass is 16.5. The van der Waals surface area contributed by atoms with Gasteiger partial charge in [0.15, 0.2) is 34.6 Å². The zero-order valence-electron chi connectivity index (χ0n) is 42.3. The van der Waals surface area contributed by atoms with Crippen molar-refractivity contribution in [3.05, 3.63) is 144 Å². The van der Waals surface area contributed by atoms with E-state index < -0.39 is 5.97 Å². The second kappa shape index (κ2) is 25.1. The maximum Gasteiger partial charge on any atom is 0.335 e. The molecule has 0 atom stereocenters. The number of fused-ring (bicyclic) bond motifs is 2. The number of nitrogens with two attached hydrogens (primary N) is 1. The smallest absolute Gasteiger partial charge is 0.335 e. The molecule has 0 bridgehead atoms. The van der Waals surface area contributed by atoms with Gasteiger partial charge in [-0.3, -0.25) is 14.8 Å². The van der Waals surface area contributed by atoms with E-state index in [1.54, 1.807) is 53.0 Å². The molecule has 4 aromatic heterocycles. The van der Waals surface area contributed by atoms with E-state index in [4.69, 9.17) is 34.6 Å². The number of rotatable bonds is 15. The summed E-state index contributed by atoms with van der Waals surface area (Å²) >= 11 is 0. The molecule has 2 fully saturated rings. The number of methoxy groups -OCH3 is 4. The number of pyridine rings is 2. The number of benzene rings is 4. The number of imidazole rings is 2. The van der Waals surface area contributed by atoms with Gasteiger partial charge in [0.2, 0.25) is 0 Å². The van der Waals surface area contributed by atoms with Crippen molar-refractivity contribution >= 4 is 33.9 Å². The van der Waals surface area contributed by atoms with E-state index in [-0.39, 0.29) is 11.5 Å². The fourth-order valence-corrected chi connectivity index (χ4v) is 9.90. The minimum atomic E-state index is -0.927. The number of carboxylic acids is 1. The number of hydrogen-bond acceptors (Lipinski definition) is 11. The molecule has 0 spiro atoms. The van der Waals surface area contributed by atoms with Crippen LogP contribution in [-0.2, 0) is 12.8 Å². The number of ether oxygens (including phenoxy) is 4. The molecule has 0 unspecified atom stereocenters. The van der Waals surface area contributed by atoms with Crippen molar-refractivity contribution in [1.29, 1.82) is 0 Å². The standard InChI is InChI=1S/C29H32N4O3.C19H19N3O2.C10H15NO2/c1-35-26-14-11-20(18-27(26)36-2)15-17-31-29(34)21-12-13-25-24(19-21)32-28(23-10-6-7-16-30-23)33(25)22-8-4-3-5-9-22;23-19(24)13-9-10-17-16(12-13)21-18(15-8-4-5-11-20-15)22(17)14-6-2-1-3-7-14;1-12-9-4-3-8(5-6-11)7-10(9)13-2/h6-7,10-14,16,18-19,22H,3-5,8-9,15,17H2,1-2H3,(H,31,34);4-5,8-12,14H,1-3,6-7H2,(H,23,24);3-4,7H,5-6,11H2,1-2H3. The average molecular weight is 987 g/mol. The molecule has 8 aromatic rings. The molecule has 15 heteroatoms. The molecule has 0 aliphatic heterocycles. The van der Waals surface area contributed by atoms with Crippen LogP contribution in [0.4, 0.5) is 0 Å². The number of carboxylic acid groups (broad SMARTS) is 1. The summed E-state index contributed by atoms with van der Waals surface area (Å²) in [4.78, 5) is 42.9. The first-order chi connectivity index (χ1) is 35.7. The van der Waals surface area contributed by atoms with Crippen LogP contribution in [0.15, 0.2) is 122 Å². The maximum atomic E-state index is 13.0. The first-order valence-electron chi connectivity index (χ1n) is 25.2. The second-order valence-electron chi connectivity index (χ2n) is 18.3. The minimum Gasteiger partial charge on any atom is -0.493 e. The summed E-state index contributed by atoms with van der Waals surface area (Å²) in [7, 11) is 6.49. The fraction of sp³-hybridized carbons (Fsp3) is 0.345. The van der Waals surface area contributed by atoms with Crippen LogP contribution < -0.4 is 30.0 Å². The number of amides is 1. The maximum absolute atomic E-state index is 13.0. The Morgan fingerprint density at radius 3 is 1.48 bits per heavy atom. The highest BCUT2D eigenvalue weighted by molar-refractivity contribution is 5.98. The predicted molar refractivity (Wildman–Crippen MR) is 285 cm³/mol. The summed E-state index contributed by atoms with van der Waals surface area (Å²) in [5.41, 5.74) is 13.9. The number of aromatic nitrogens is 6. The van der Waals surface area contributed by atoms with Crippen LogP contribution in [0.5, 0.6) is 23.0 Å². The third kappa shape index (κ3) is 12.5. The summed E-state index contributed by atoms with van der Waals surface area (Å²) in [5, 5.41) is 12.3. The van der Waals surface area contributed by atoms with Gasteiger partial charge in [0.25, 0.3) is 5.91 Å². The highest BCUT2D eigenvalue weighted by Gasteiger charge is 2.25. The van der Waals surface area contributed by atoms with Crippen LogP contribution in [-0.4, -0.2) is 87.6 Å². The molecule has 2 saturated carbocycles. The van der Waals surface area contributed by atoms with E-state index in [1.165, 1.54) is 44.1 Å². The van der Waals surface area contributed by atoms with Gasteiger partial charge in [0.05, 0.1) is 56.1 Å². The van der Waals surface area contributed by atoms with Gasteiger partial charge in [-0.1, -0.05) is 62.8 Å². The third-order valence-corrected chi connectivity index (χ3v) is 13.6. The van der Waals surface area contributed by atoms with Gasteiger partial charge in [-0.2, -0.15) is 0 Å². The van der Waals surface area contributed by atoms with E-state index in [9.17, 15) is 14.7 Å². The monoisotopic (exact) mass is 987 g/mol. The summed E-state index contributed by atoms with van der Waals surface area (Å²) in [6.45, 7) is 1.16. The van der Waals surface area contributed by atoms with Crippen LogP contribution in [0.25, 0.3) is 45.1 Å². The van der Waals surface area contributed by atoms with E-state index in [1.807, 2.05) is 97.1 Å². The van der Waals surface area contributed by atoms with E-state index in [2.05, 4.69) is 24.4 Å². The Morgan fingerprint density at radius 1 is 0.575 bits per heavy atom. The summed E-state index contributed by atoms with van der Waals surface area (Å²) in [6.07, 6.45) is 17.1. The first kappa shape index (κ1) is 51.6. The lowest BCUT2D eigenvalue weighted by Crippen LogP contribution is -2.25. The summed E-state index contributed by atoms with van der Waals surface area (Å²) in [6, 6.07) is 35.2. The number of hydrogen-bond donors (Lipinski definition) is 3. The lowest BCUT2D eigenvalue weighted by Gasteiger charge is -2.25. The van der Waals surface area contributed by atoms with Crippen molar-refractivity contribution < 1.29 is 33.6 Å². The second-order valence-corrected chi connectivity index (χ2v) is 18.3. The van der Waals surface area contributed by atoms with Crippen LogP contribution >= 0.6 is 0 Å². The zero-order chi connectivity index (χ0) is 51.1. The van der Waals surface area contributed by atoms with Gasteiger partial charge in [0, 0.05) is 36.6 Å². The molecule has 0 radical (unpaired) electrons. The summed E-state index contributed by atoms with van der Waals surface area (Å²) in [5.74, 6) is 3.56. The Bertz CT molecular complexity index is 3090. The highest BCUT2D eigenvalue weighted by Crippen LogP contribution is 2.38. The van der Waals surface area contributed by atoms with Crippen molar-refractivity contribution in [1.82, 2.24) is 34.4 Å². The molecule has 4 aromatic carbocycles. The van der Waals surface area contributed by atoms with E-state index >= 15 is 0 Å². The average Bonchev–Trinajstić information content (AvgIpc) is 4.03. The Balaban J connectivity index is 0.000000164. The first-order valence-corrected chi connectivity index (χ1v) is 25.2. The molecule has 0 saturated heterocycles. The number of nitrogens with one attached hydrogen (secondary N) is 1. The van der Waals surface area contributed by atoms with Crippen LogP contribution in [0.1, 0.15) is 108 Å². The summed E-state index contributed by atoms with van der Waals surface area (Å²) < 4.78 is 25.6. The SMILES string of the molecule is COc1ccc(CCN)cc1OC.COc1ccc(CCNC(=O)c2ccc3c(c2)nc(-c2ccccn2)n3C2CCCCC2)cc1OC.O=C(O)c1ccc2c(c1)nc(-c1ccccn1)n2C1CCCCC1. The number of nitrogens with zero attached hydrogens (tertiary/aromatic N) is 6. The molecule has 73 heavy (non-hydrogen) atoms. The van der Waals surface area contributed by atoms with Crippen molar-refractivity contribution in [2.75, 3.05) is 41.5 Å². The molecule has 2 aliphatic rings. The predicted octanol–water partition coefficient (Wildman–Crippen LogP) is 11.1. The van der Waals surface area contributed by atoms with E-state index in [0.717, 1.165) is 94.3 Å². The number of aromatic carboxylic acids is 1. The Kier molecular flexibility index (Phi) is 17.7. The van der Waals surface area contributed by atoms with Crippen LogP contribution in [0, 0.1) is 0 Å². The van der Waals surface area contributed by atoms with Gasteiger partial charge in [-0.05, 0) is 141 Å². The molecule has 4 N–H and O–H groups in total. The molecule has 15 nitrogen and oxygen atoms in total. The van der Waals surface area contributed by atoms with Crippen molar-refractivity contribution in [3.63, 3.8) is 0 Å². The van der Waals surface area contributed by atoms with Gasteiger partial charge >= 0.3 is 5.97 Å². The largest absolute Gasteiger partial charge is 0.493 e. The lowest BCUT2D eigenvalue weighted by atomic mass is 9.95. The Morgan fingerprint density at radius 2 is 1.04 bits per heavy atom. The molecule has 1 amide bonds. The van der Waals surface area contributed by atoms with Gasteiger partial charge in [-0.15, -0.1) is 0 Å². The minimum absolute atomic E-state index is 0.107.